The van der Waals surface area contributed by atoms with Crippen molar-refractivity contribution >= 4 is 47.6 Å². The molecule has 12 nitrogen and oxygen atoms in total. The molecule has 7 atom stereocenters. The largest absolute Gasteiger partial charge is 0.508 e. The number of piperidine rings is 1. The number of carbonyl (C=O) groups is 4. The number of carbonyl (C=O) groups excluding carboxylic acids is 4. The molecule has 1 saturated heterocycles. The average Bonchev–Trinajstić information content (AvgIpc) is 3.69. The van der Waals surface area contributed by atoms with E-state index < -0.39 is 12.1 Å². The second kappa shape index (κ2) is 24.7. The number of hydrogen-bond donors (Lipinski definition) is 5. The minimum atomic E-state index is -0.651. The summed E-state index contributed by atoms with van der Waals surface area (Å²) in [6.07, 6.45) is 6.01. The normalized spacial score (nSPS) is 17.9. The van der Waals surface area contributed by atoms with Gasteiger partial charge in [-0.1, -0.05) is 73.4 Å². The number of likely N-dealkylation sites (tertiary alicyclic amines) is 1. The molecule has 1 aromatic heterocycles. The molecule has 320 valence electrons. The second-order valence-corrected chi connectivity index (χ2v) is 17.4. The quantitative estimate of drug-likeness (QED) is 0.0763. The lowest BCUT2D eigenvalue weighted by Gasteiger charge is -2.40. The predicted molar refractivity (Wildman–Crippen MR) is 232 cm³/mol. The maximum atomic E-state index is 14.7. The highest BCUT2D eigenvalue weighted by Gasteiger charge is 2.38. The molecule has 7 unspecified atom stereocenters. The molecule has 4 amide bonds. The van der Waals surface area contributed by atoms with Crippen molar-refractivity contribution in [1.82, 2.24) is 30.7 Å². The number of nitrogens with one attached hydrogen (secondary N) is 3. The number of amides is 4. The van der Waals surface area contributed by atoms with E-state index in [1.807, 2.05) is 44.9 Å². The summed E-state index contributed by atoms with van der Waals surface area (Å²) in [5, 5.41) is 21.4. The molecule has 0 bridgehead atoms. The van der Waals surface area contributed by atoms with Gasteiger partial charge in [0.1, 0.15) is 28.6 Å². The highest BCUT2D eigenvalue weighted by Crippen LogP contribution is 2.32. The monoisotopic (exact) mass is 830 g/mol. The first-order valence-electron chi connectivity index (χ1n) is 21.1. The first-order chi connectivity index (χ1) is 27.2. The number of phenols is 1. The van der Waals surface area contributed by atoms with E-state index in [9.17, 15) is 24.3 Å². The molecule has 1 aliphatic heterocycles. The van der Waals surface area contributed by atoms with E-state index in [1.54, 1.807) is 17.5 Å². The Bertz CT molecular complexity index is 1540. The van der Waals surface area contributed by atoms with E-state index in [4.69, 9.17) is 9.72 Å². The number of aromatic hydroxyl groups is 1. The van der Waals surface area contributed by atoms with Crippen LogP contribution in [0.4, 0.5) is 0 Å². The summed E-state index contributed by atoms with van der Waals surface area (Å²) in [6, 6.07) is 5.34. The molecule has 1 aromatic carbocycles. The highest BCUT2D eigenvalue weighted by atomic mass is 32.1. The Labute approximate surface area is 351 Å². The number of ether oxygens (including phenoxy) is 1. The van der Waals surface area contributed by atoms with Crippen LogP contribution in [-0.4, -0.2) is 107 Å². The Morgan fingerprint density at radius 2 is 1.75 bits per heavy atom. The Balaban J connectivity index is 1.87. The van der Waals surface area contributed by atoms with Crippen molar-refractivity contribution in [1.29, 1.82) is 0 Å². The first-order valence-corrected chi connectivity index (χ1v) is 22.6. The highest BCUT2D eigenvalue weighted by molar-refractivity contribution is 7.80. The van der Waals surface area contributed by atoms with E-state index in [2.05, 4.69) is 61.2 Å². The van der Waals surface area contributed by atoms with Crippen LogP contribution in [0.15, 0.2) is 29.6 Å². The van der Waals surface area contributed by atoms with E-state index in [0.717, 1.165) is 50.6 Å². The van der Waals surface area contributed by atoms with E-state index in [1.165, 1.54) is 11.3 Å². The van der Waals surface area contributed by atoms with Gasteiger partial charge in [0, 0.05) is 55.3 Å². The van der Waals surface area contributed by atoms with Crippen molar-refractivity contribution in [2.75, 3.05) is 39.0 Å². The summed E-state index contributed by atoms with van der Waals surface area (Å²) < 4.78 is 6.46. The summed E-state index contributed by atoms with van der Waals surface area (Å²) in [4.78, 5) is 63.8. The molecule has 0 saturated carbocycles. The van der Waals surface area contributed by atoms with Crippen molar-refractivity contribution < 1.29 is 29.0 Å². The Kier molecular flexibility index (Phi) is 20.8. The first kappa shape index (κ1) is 48.2. The molecule has 2 aromatic rings. The zero-order valence-corrected chi connectivity index (χ0v) is 37.3. The van der Waals surface area contributed by atoms with Crippen LogP contribution >= 0.6 is 24.0 Å². The summed E-state index contributed by atoms with van der Waals surface area (Å²) in [5.74, 6) is -0.279. The van der Waals surface area contributed by atoms with Gasteiger partial charge in [-0.15, -0.1) is 11.3 Å². The number of phenolic OH excluding ortho intramolecular Hbond substituents is 1. The molecule has 0 radical (unpaired) electrons. The minimum absolute atomic E-state index is 0.0574. The van der Waals surface area contributed by atoms with Gasteiger partial charge in [0.15, 0.2) is 0 Å². The Morgan fingerprint density at radius 1 is 1.04 bits per heavy atom. The molecule has 2 heterocycles. The Hall–Kier alpha value is -3.20. The van der Waals surface area contributed by atoms with Crippen molar-refractivity contribution in [3.63, 3.8) is 0 Å². The third-order valence-corrected chi connectivity index (χ3v) is 12.2. The smallest absolute Gasteiger partial charge is 0.270 e. The molecule has 3 rings (SSSR count). The molecule has 0 aliphatic carbocycles. The zero-order valence-electron chi connectivity index (χ0n) is 35.6. The number of likely N-dealkylation sites (N-methyl/N-ethyl adjacent to an activating group) is 1. The minimum Gasteiger partial charge on any atom is -0.508 e. The lowest BCUT2D eigenvalue weighted by atomic mass is 9.92. The summed E-state index contributed by atoms with van der Waals surface area (Å²) in [7, 11) is 1.98. The molecule has 14 heteroatoms. The summed E-state index contributed by atoms with van der Waals surface area (Å²) in [6.45, 7) is 16.6. The number of rotatable bonds is 24. The third kappa shape index (κ3) is 14.8. The summed E-state index contributed by atoms with van der Waals surface area (Å²) >= 11 is 5.56. The Morgan fingerprint density at radius 3 is 2.37 bits per heavy atom. The van der Waals surface area contributed by atoms with Crippen LogP contribution in [0, 0.1) is 17.8 Å². The van der Waals surface area contributed by atoms with Crippen LogP contribution in [0.25, 0.3) is 0 Å². The molecule has 4 N–H and O–H groups in total. The van der Waals surface area contributed by atoms with Crippen molar-refractivity contribution in [3.8, 4) is 5.75 Å². The predicted octanol–water partition coefficient (Wildman–Crippen LogP) is 6.40. The molecular formula is C43H70N6O6S2. The number of aromatic nitrogens is 1. The van der Waals surface area contributed by atoms with Crippen LogP contribution < -0.4 is 16.0 Å². The fraction of sp³-hybridized carbons (Fsp3) is 0.698. The van der Waals surface area contributed by atoms with Crippen molar-refractivity contribution in [2.45, 2.75) is 137 Å². The van der Waals surface area contributed by atoms with Crippen LogP contribution in [0.3, 0.4) is 0 Å². The van der Waals surface area contributed by atoms with Crippen LogP contribution in [0.5, 0.6) is 5.75 Å². The maximum Gasteiger partial charge on any atom is 0.270 e. The van der Waals surface area contributed by atoms with Crippen molar-refractivity contribution in [2.24, 2.45) is 17.8 Å². The van der Waals surface area contributed by atoms with Crippen LogP contribution in [0.1, 0.15) is 127 Å². The summed E-state index contributed by atoms with van der Waals surface area (Å²) in [5.41, 5.74) is 1.17. The van der Waals surface area contributed by atoms with Gasteiger partial charge in [-0.3, -0.25) is 24.1 Å². The fourth-order valence-corrected chi connectivity index (χ4v) is 8.44. The number of nitrogens with zero attached hydrogens (tertiary/aromatic N) is 3. The number of hydrogen-bond acceptors (Lipinski definition) is 10. The van der Waals surface area contributed by atoms with Gasteiger partial charge >= 0.3 is 0 Å². The van der Waals surface area contributed by atoms with Gasteiger partial charge in [0.05, 0.1) is 6.04 Å². The SMILES string of the molecule is CCCOC(CC(C(C)C)N(CCC)C(=O)C(NC(=O)C1CCCCN1C)C(C)CC)c1nc(C(=O)NC(Cc2ccc(O)cc2)CC(C)C(=O)NCCS)cs1. The molecule has 1 fully saturated rings. The molecule has 1 aliphatic rings. The average molecular weight is 831 g/mol. The van der Waals surface area contributed by atoms with Gasteiger partial charge in [-0.05, 0) is 81.6 Å². The molecule has 57 heavy (non-hydrogen) atoms. The van der Waals surface area contributed by atoms with Crippen LogP contribution in [-0.2, 0) is 25.5 Å². The lowest BCUT2D eigenvalue weighted by Crippen LogP contribution is -2.58. The van der Waals surface area contributed by atoms with Crippen LogP contribution in [0.2, 0.25) is 0 Å². The number of benzene rings is 1. The van der Waals surface area contributed by atoms with E-state index in [-0.39, 0.29) is 71.0 Å². The van der Waals surface area contributed by atoms with Gasteiger partial charge in [0.2, 0.25) is 17.7 Å². The van der Waals surface area contributed by atoms with Gasteiger partial charge in [0.25, 0.3) is 5.91 Å². The number of thiazole rings is 1. The van der Waals surface area contributed by atoms with Gasteiger partial charge < -0.3 is 30.7 Å². The van der Waals surface area contributed by atoms with E-state index >= 15 is 0 Å². The topological polar surface area (TPSA) is 153 Å². The second-order valence-electron chi connectivity index (χ2n) is 16.1. The van der Waals surface area contributed by atoms with Crippen molar-refractivity contribution in [3.05, 3.63) is 45.9 Å². The van der Waals surface area contributed by atoms with Gasteiger partial charge in [-0.2, -0.15) is 12.6 Å². The fourth-order valence-electron chi connectivity index (χ4n) is 7.47. The van der Waals surface area contributed by atoms with Gasteiger partial charge in [-0.25, -0.2) is 4.98 Å². The maximum absolute atomic E-state index is 14.7. The standard InChI is InChI=1S/C43H70N6O6S2/c1-9-20-49(43(54)38(29(6)11-3)47-41(53)35-14-12-13-21-48(35)8)36(28(4)5)26-37(55-22-10-2)42-46-34(27-57-42)40(52)45-32(24-30(7)39(51)44-19-23-56)25-31-15-17-33(50)18-16-31/h15-18,27-30,32,35-38,50,56H,9-14,19-26H2,1-8H3,(H,44,51)(H,45,52)(H,47,53). The number of thiol groups is 1. The molecule has 0 spiro atoms. The third-order valence-electron chi connectivity index (χ3n) is 11.0. The zero-order chi connectivity index (χ0) is 42.1. The lowest BCUT2D eigenvalue weighted by molar-refractivity contribution is -0.143. The molecular weight excluding hydrogens is 761 g/mol. The van der Waals surface area contributed by atoms with E-state index in [0.29, 0.717) is 49.7 Å².